The number of halogens is 3. The molecule has 1 aromatic rings. The van der Waals surface area contributed by atoms with Crippen LogP contribution in [-0.4, -0.2) is 28.9 Å². The van der Waals surface area contributed by atoms with Gasteiger partial charge in [-0.1, -0.05) is 6.07 Å². The van der Waals surface area contributed by atoms with Crippen molar-refractivity contribution in [2.45, 2.75) is 18.8 Å². The first-order valence-corrected chi connectivity index (χ1v) is 4.35. The molecule has 1 heterocycles. The number of alkyl halides is 3. The molecule has 0 aliphatic rings. The fraction of sp³-hybridized carbons (Fsp3) is 0.444. The lowest BCUT2D eigenvalue weighted by molar-refractivity contribution is -0.201. The van der Waals surface area contributed by atoms with E-state index in [1.807, 2.05) is 0 Å². The molecule has 0 aromatic carbocycles. The van der Waals surface area contributed by atoms with Gasteiger partial charge in [-0.25, -0.2) is 0 Å². The molecule has 1 atom stereocenters. The minimum absolute atomic E-state index is 0.202. The Hall–Kier alpha value is -1.14. The van der Waals surface area contributed by atoms with Gasteiger partial charge in [0.1, 0.15) is 0 Å². The van der Waals surface area contributed by atoms with Gasteiger partial charge < -0.3 is 10.4 Å². The third kappa shape index (κ3) is 4.26. The van der Waals surface area contributed by atoms with Crippen LogP contribution in [0.3, 0.4) is 0 Å². The molecule has 1 unspecified atom stereocenters. The normalized spacial score (nSPS) is 13.9. The van der Waals surface area contributed by atoms with Gasteiger partial charge in [0.2, 0.25) is 0 Å². The highest BCUT2D eigenvalue weighted by molar-refractivity contribution is 5.02. The van der Waals surface area contributed by atoms with Gasteiger partial charge in [0, 0.05) is 19.3 Å². The summed E-state index contributed by atoms with van der Waals surface area (Å²) in [4.78, 5) is 3.91. The van der Waals surface area contributed by atoms with Crippen LogP contribution in [0.1, 0.15) is 5.69 Å². The van der Waals surface area contributed by atoms with E-state index in [4.69, 9.17) is 5.11 Å². The van der Waals surface area contributed by atoms with E-state index in [9.17, 15) is 13.2 Å². The summed E-state index contributed by atoms with van der Waals surface area (Å²) in [5, 5.41) is 11.1. The van der Waals surface area contributed by atoms with Crippen molar-refractivity contribution in [3.8, 4) is 0 Å². The van der Waals surface area contributed by atoms with Gasteiger partial charge in [0.05, 0.1) is 5.69 Å². The molecular weight excluding hydrogens is 209 g/mol. The predicted molar refractivity (Wildman–Crippen MR) is 48.0 cm³/mol. The van der Waals surface area contributed by atoms with Crippen molar-refractivity contribution in [3.63, 3.8) is 0 Å². The van der Waals surface area contributed by atoms with Gasteiger partial charge in [0.15, 0.2) is 6.10 Å². The van der Waals surface area contributed by atoms with Crippen LogP contribution in [0.25, 0.3) is 0 Å². The molecule has 3 nitrogen and oxygen atoms in total. The highest BCUT2D eigenvalue weighted by Crippen LogP contribution is 2.19. The number of hydrogen-bond acceptors (Lipinski definition) is 3. The summed E-state index contributed by atoms with van der Waals surface area (Å²) in [5.74, 6) is 0. The summed E-state index contributed by atoms with van der Waals surface area (Å²) in [6.45, 7) is -0.325. The molecule has 0 saturated heterocycles. The lowest BCUT2D eigenvalue weighted by Crippen LogP contribution is -2.38. The number of aliphatic hydroxyl groups is 1. The van der Waals surface area contributed by atoms with E-state index in [1.54, 1.807) is 24.4 Å². The average Bonchev–Trinajstić information content (AvgIpc) is 2.18. The van der Waals surface area contributed by atoms with Crippen molar-refractivity contribution in [2.75, 3.05) is 6.54 Å². The van der Waals surface area contributed by atoms with Crippen LogP contribution < -0.4 is 5.32 Å². The zero-order valence-electron chi connectivity index (χ0n) is 7.83. The molecule has 0 aliphatic carbocycles. The molecule has 0 radical (unpaired) electrons. The molecule has 0 spiro atoms. The molecule has 0 amide bonds. The number of aromatic nitrogens is 1. The number of rotatable bonds is 4. The molecular formula is C9H11F3N2O. The average molecular weight is 220 g/mol. The van der Waals surface area contributed by atoms with Crippen LogP contribution in [0.15, 0.2) is 24.4 Å². The van der Waals surface area contributed by atoms with Gasteiger partial charge in [-0.2, -0.15) is 13.2 Å². The van der Waals surface area contributed by atoms with E-state index >= 15 is 0 Å². The summed E-state index contributed by atoms with van der Waals surface area (Å²) in [6, 6.07) is 5.14. The SMILES string of the molecule is OC(CNCc1ccccn1)C(F)(F)F. The first-order valence-electron chi connectivity index (χ1n) is 4.35. The fourth-order valence-corrected chi connectivity index (χ4v) is 0.955. The summed E-state index contributed by atoms with van der Waals surface area (Å²) in [5.41, 5.74) is 0.631. The van der Waals surface area contributed by atoms with Crippen LogP contribution >= 0.6 is 0 Å². The van der Waals surface area contributed by atoms with E-state index in [1.165, 1.54) is 0 Å². The van der Waals surface area contributed by atoms with Gasteiger partial charge >= 0.3 is 6.18 Å². The van der Waals surface area contributed by atoms with Crippen LogP contribution in [0.2, 0.25) is 0 Å². The van der Waals surface area contributed by atoms with Gasteiger partial charge in [-0.3, -0.25) is 4.98 Å². The second-order valence-corrected chi connectivity index (χ2v) is 3.01. The van der Waals surface area contributed by atoms with Crippen LogP contribution in [0, 0.1) is 0 Å². The molecule has 6 heteroatoms. The summed E-state index contributed by atoms with van der Waals surface area (Å²) < 4.78 is 35.6. The number of nitrogens with one attached hydrogen (secondary N) is 1. The van der Waals surface area contributed by atoms with E-state index in [2.05, 4.69) is 10.3 Å². The molecule has 0 bridgehead atoms. The summed E-state index contributed by atoms with van der Waals surface area (Å²) in [7, 11) is 0. The number of aliphatic hydroxyl groups excluding tert-OH is 1. The minimum atomic E-state index is -4.57. The summed E-state index contributed by atoms with van der Waals surface area (Å²) >= 11 is 0. The molecule has 0 fully saturated rings. The zero-order valence-corrected chi connectivity index (χ0v) is 7.83. The third-order valence-electron chi connectivity index (χ3n) is 1.75. The lowest BCUT2D eigenvalue weighted by Gasteiger charge is -2.14. The van der Waals surface area contributed by atoms with Crippen LogP contribution in [-0.2, 0) is 6.54 Å². The monoisotopic (exact) mass is 220 g/mol. The van der Waals surface area contributed by atoms with E-state index in [0.29, 0.717) is 5.69 Å². The van der Waals surface area contributed by atoms with Gasteiger partial charge in [0.25, 0.3) is 0 Å². The standard InChI is InChI=1S/C9H11F3N2O/c10-9(11,12)8(15)6-13-5-7-3-1-2-4-14-7/h1-4,8,13,15H,5-6H2. The maximum atomic E-state index is 11.9. The molecule has 1 aromatic heterocycles. The third-order valence-corrected chi connectivity index (χ3v) is 1.75. The quantitative estimate of drug-likeness (QED) is 0.798. The highest BCUT2D eigenvalue weighted by Gasteiger charge is 2.37. The first-order chi connectivity index (χ1) is 7.00. The van der Waals surface area contributed by atoms with Crippen molar-refractivity contribution in [1.29, 1.82) is 0 Å². The minimum Gasteiger partial charge on any atom is -0.382 e. The molecule has 0 saturated carbocycles. The molecule has 1 rings (SSSR count). The largest absolute Gasteiger partial charge is 0.415 e. The first kappa shape index (κ1) is 11.9. The number of pyridine rings is 1. The Balaban J connectivity index is 2.28. The molecule has 84 valence electrons. The Morgan fingerprint density at radius 2 is 2.13 bits per heavy atom. The van der Waals surface area contributed by atoms with Crippen molar-refractivity contribution in [3.05, 3.63) is 30.1 Å². The Kier molecular flexibility index (Phi) is 4.05. The lowest BCUT2D eigenvalue weighted by atomic mass is 10.3. The Morgan fingerprint density at radius 1 is 1.40 bits per heavy atom. The number of hydrogen-bond donors (Lipinski definition) is 2. The van der Waals surface area contributed by atoms with Gasteiger partial charge in [-0.15, -0.1) is 0 Å². The zero-order chi connectivity index (χ0) is 11.3. The van der Waals surface area contributed by atoms with Crippen LogP contribution in [0.4, 0.5) is 13.2 Å². The maximum Gasteiger partial charge on any atom is 0.415 e. The van der Waals surface area contributed by atoms with Crippen LogP contribution in [0.5, 0.6) is 0 Å². The van der Waals surface area contributed by atoms with Crippen molar-refractivity contribution in [2.24, 2.45) is 0 Å². The summed E-state index contributed by atoms with van der Waals surface area (Å²) in [6.07, 6.45) is -5.35. The molecule has 15 heavy (non-hydrogen) atoms. The topological polar surface area (TPSA) is 45.1 Å². The second kappa shape index (κ2) is 5.09. The van der Waals surface area contributed by atoms with Gasteiger partial charge in [-0.05, 0) is 12.1 Å². The van der Waals surface area contributed by atoms with E-state index in [0.717, 1.165) is 0 Å². The second-order valence-electron chi connectivity index (χ2n) is 3.01. The Bertz CT molecular complexity index is 289. The van der Waals surface area contributed by atoms with Crippen molar-refractivity contribution < 1.29 is 18.3 Å². The van der Waals surface area contributed by atoms with Crippen molar-refractivity contribution in [1.82, 2.24) is 10.3 Å². The fourth-order valence-electron chi connectivity index (χ4n) is 0.955. The smallest absolute Gasteiger partial charge is 0.382 e. The predicted octanol–water partition coefficient (Wildman–Crippen LogP) is 1.09. The number of nitrogens with zero attached hydrogens (tertiary/aromatic N) is 1. The molecule has 0 aliphatic heterocycles. The maximum absolute atomic E-state index is 11.9. The molecule has 2 N–H and O–H groups in total. The van der Waals surface area contributed by atoms with E-state index in [-0.39, 0.29) is 6.54 Å². The Morgan fingerprint density at radius 3 is 2.67 bits per heavy atom. The van der Waals surface area contributed by atoms with Crippen molar-refractivity contribution >= 4 is 0 Å². The Labute approximate surface area is 85.0 Å². The van der Waals surface area contributed by atoms with E-state index < -0.39 is 18.8 Å². The highest BCUT2D eigenvalue weighted by atomic mass is 19.4.